The summed E-state index contributed by atoms with van der Waals surface area (Å²) in [5.74, 6) is 1.69. The van der Waals surface area contributed by atoms with Crippen molar-refractivity contribution in [2.24, 2.45) is 11.7 Å². The van der Waals surface area contributed by atoms with Crippen molar-refractivity contribution in [2.75, 3.05) is 19.7 Å². The Balaban J connectivity index is 0.00000220. The van der Waals surface area contributed by atoms with Gasteiger partial charge in [-0.2, -0.15) is 0 Å². The van der Waals surface area contributed by atoms with Gasteiger partial charge in [0.25, 0.3) is 0 Å². The lowest BCUT2D eigenvalue weighted by Gasteiger charge is -2.33. The first-order valence-corrected chi connectivity index (χ1v) is 7.88. The Morgan fingerprint density at radius 1 is 1.33 bits per heavy atom. The van der Waals surface area contributed by atoms with Crippen LogP contribution in [0.1, 0.15) is 38.7 Å². The summed E-state index contributed by atoms with van der Waals surface area (Å²) < 4.78 is 5.70. The van der Waals surface area contributed by atoms with Crippen molar-refractivity contribution in [2.45, 2.75) is 45.7 Å². The van der Waals surface area contributed by atoms with Crippen LogP contribution in [0.25, 0.3) is 0 Å². The summed E-state index contributed by atoms with van der Waals surface area (Å²) in [6.07, 6.45) is 3.50. The summed E-state index contributed by atoms with van der Waals surface area (Å²) in [7, 11) is 0. The van der Waals surface area contributed by atoms with E-state index >= 15 is 0 Å². The van der Waals surface area contributed by atoms with Crippen molar-refractivity contribution in [1.29, 1.82) is 0 Å². The van der Waals surface area contributed by atoms with Crippen molar-refractivity contribution in [1.82, 2.24) is 4.90 Å². The van der Waals surface area contributed by atoms with E-state index in [2.05, 4.69) is 36.9 Å². The molecule has 1 saturated heterocycles. The lowest BCUT2D eigenvalue weighted by atomic mass is 9.91. The minimum absolute atomic E-state index is 0. The number of hydrogen-bond acceptors (Lipinski definition) is 3. The predicted octanol–water partition coefficient (Wildman–Crippen LogP) is 3.46. The molecular formula is C17H29ClN2O. The van der Waals surface area contributed by atoms with E-state index in [1.165, 1.54) is 18.4 Å². The topological polar surface area (TPSA) is 38.5 Å². The normalized spacial score (nSPS) is 18.0. The van der Waals surface area contributed by atoms with Crippen LogP contribution in [0.5, 0.6) is 5.75 Å². The van der Waals surface area contributed by atoms with E-state index in [9.17, 15) is 0 Å². The summed E-state index contributed by atoms with van der Waals surface area (Å²) in [6, 6.07) is 8.84. The first-order valence-electron chi connectivity index (χ1n) is 7.88. The molecule has 3 nitrogen and oxygen atoms in total. The molecule has 0 spiro atoms. The van der Waals surface area contributed by atoms with Crippen molar-refractivity contribution in [3.05, 3.63) is 29.8 Å². The molecule has 120 valence electrons. The fraction of sp³-hybridized carbons (Fsp3) is 0.647. The van der Waals surface area contributed by atoms with Gasteiger partial charge < -0.3 is 10.5 Å². The minimum Gasteiger partial charge on any atom is -0.494 e. The average Bonchev–Trinajstić information content (AvgIpc) is 2.46. The molecule has 0 aromatic heterocycles. The quantitative estimate of drug-likeness (QED) is 0.874. The molecule has 0 amide bonds. The molecular weight excluding hydrogens is 284 g/mol. The Morgan fingerprint density at radius 2 is 2.05 bits per heavy atom. The van der Waals surface area contributed by atoms with E-state index in [1.807, 2.05) is 6.07 Å². The molecule has 21 heavy (non-hydrogen) atoms. The van der Waals surface area contributed by atoms with Crippen LogP contribution in [0.3, 0.4) is 0 Å². The number of piperidine rings is 1. The lowest BCUT2D eigenvalue weighted by molar-refractivity contribution is 0.165. The lowest BCUT2D eigenvalue weighted by Crippen LogP contribution is -2.39. The van der Waals surface area contributed by atoms with Gasteiger partial charge in [0, 0.05) is 12.6 Å². The molecule has 1 fully saturated rings. The van der Waals surface area contributed by atoms with E-state index in [0.717, 1.165) is 38.4 Å². The zero-order chi connectivity index (χ0) is 14.4. The molecule has 1 aromatic carbocycles. The highest BCUT2D eigenvalue weighted by molar-refractivity contribution is 5.85. The van der Waals surface area contributed by atoms with Crippen molar-refractivity contribution < 1.29 is 4.74 Å². The standard InChI is InChI=1S/C17H28N2O.ClH/c1-3-11-20-17-6-4-5-15(12-17)13-19-9-7-16(8-10-19)14(2)18;/h4-6,12,14,16H,3,7-11,13,18H2,1-2H3;1H. The Kier molecular flexibility index (Phi) is 8.09. The molecule has 0 saturated carbocycles. The van der Waals surface area contributed by atoms with Gasteiger partial charge >= 0.3 is 0 Å². The summed E-state index contributed by atoms with van der Waals surface area (Å²) in [4.78, 5) is 2.53. The number of rotatable bonds is 6. The Labute approximate surface area is 135 Å². The molecule has 1 unspecified atom stereocenters. The van der Waals surface area contributed by atoms with Crippen molar-refractivity contribution in [3.8, 4) is 5.75 Å². The smallest absolute Gasteiger partial charge is 0.119 e. The second-order valence-corrected chi connectivity index (χ2v) is 5.97. The Bertz CT molecular complexity index is 404. The minimum atomic E-state index is 0. The monoisotopic (exact) mass is 312 g/mol. The van der Waals surface area contributed by atoms with E-state index in [0.29, 0.717) is 12.0 Å². The molecule has 2 N–H and O–H groups in total. The molecule has 1 aliphatic rings. The zero-order valence-electron chi connectivity index (χ0n) is 13.3. The molecule has 1 atom stereocenters. The number of likely N-dealkylation sites (tertiary alicyclic amines) is 1. The van der Waals surface area contributed by atoms with E-state index < -0.39 is 0 Å². The van der Waals surface area contributed by atoms with Crippen LogP contribution in [-0.2, 0) is 6.54 Å². The largest absolute Gasteiger partial charge is 0.494 e. The highest BCUT2D eigenvalue weighted by atomic mass is 35.5. The zero-order valence-corrected chi connectivity index (χ0v) is 14.1. The number of benzene rings is 1. The SMILES string of the molecule is CCCOc1cccc(CN2CCC(C(C)N)CC2)c1.Cl. The summed E-state index contributed by atoms with van der Waals surface area (Å²) in [5, 5.41) is 0. The molecule has 1 aliphatic heterocycles. The van der Waals surface area contributed by atoms with Gasteiger partial charge in [0.2, 0.25) is 0 Å². The molecule has 1 heterocycles. The molecule has 0 aliphatic carbocycles. The second kappa shape index (κ2) is 9.29. The van der Waals surface area contributed by atoms with Crippen molar-refractivity contribution >= 4 is 12.4 Å². The van der Waals surface area contributed by atoms with Crippen LogP contribution < -0.4 is 10.5 Å². The predicted molar refractivity (Wildman–Crippen MR) is 91.1 cm³/mol. The van der Waals surface area contributed by atoms with Crippen LogP contribution >= 0.6 is 12.4 Å². The van der Waals surface area contributed by atoms with Crippen molar-refractivity contribution in [3.63, 3.8) is 0 Å². The van der Waals surface area contributed by atoms with E-state index in [-0.39, 0.29) is 12.4 Å². The molecule has 4 heteroatoms. The number of nitrogens with two attached hydrogens (primary N) is 1. The average molecular weight is 313 g/mol. The second-order valence-electron chi connectivity index (χ2n) is 5.97. The van der Waals surface area contributed by atoms with Crippen LogP contribution in [-0.4, -0.2) is 30.6 Å². The van der Waals surface area contributed by atoms with Gasteiger partial charge in [0.15, 0.2) is 0 Å². The van der Waals surface area contributed by atoms with Gasteiger partial charge in [0.1, 0.15) is 5.75 Å². The van der Waals surface area contributed by atoms with Gasteiger partial charge in [-0.25, -0.2) is 0 Å². The third-order valence-corrected chi connectivity index (χ3v) is 4.15. The van der Waals surface area contributed by atoms with Gasteiger partial charge in [0.05, 0.1) is 6.61 Å². The summed E-state index contributed by atoms with van der Waals surface area (Å²) in [5.41, 5.74) is 7.34. The number of halogens is 1. The van der Waals surface area contributed by atoms with Gasteiger partial charge in [-0.05, 0) is 62.9 Å². The van der Waals surface area contributed by atoms with Crippen LogP contribution in [0.15, 0.2) is 24.3 Å². The highest BCUT2D eigenvalue weighted by Crippen LogP contribution is 2.22. The molecule has 1 aromatic rings. The Morgan fingerprint density at radius 3 is 2.67 bits per heavy atom. The number of nitrogens with zero attached hydrogens (tertiary/aromatic N) is 1. The first-order chi connectivity index (χ1) is 9.69. The summed E-state index contributed by atoms with van der Waals surface area (Å²) >= 11 is 0. The maximum Gasteiger partial charge on any atom is 0.119 e. The van der Waals surface area contributed by atoms with Crippen LogP contribution in [0.4, 0.5) is 0 Å². The van der Waals surface area contributed by atoms with Gasteiger partial charge in [-0.15, -0.1) is 12.4 Å². The third kappa shape index (κ3) is 5.85. The molecule has 0 radical (unpaired) electrons. The van der Waals surface area contributed by atoms with Crippen LogP contribution in [0, 0.1) is 5.92 Å². The van der Waals surface area contributed by atoms with E-state index in [4.69, 9.17) is 10.5 Å². The Hall–Kier alpha value is -0.770. The van der Waals surface area contributed by atoms with Gasteiger partial charge in [-0.1, -0.05) is 19.1 Å². The summed E-state index contributed by atoms with van der Waals surface area (Å²) in [6.45, 7) is 8.40. The first kappa shape index (κ1) is 18.3. The van der Waals surface area contributed by atoms with Gasteiger partial charge in [-0.3, -0.25) is 4.90 Å². The molecule has 0 bridgehead atoms. The number of ether oxygens (including phenoxy) is 1. The maximum atomic E-state index is 6.00. The fourth-order valence-electron chi connectivity index (χ4n) is 2.85. The number of hydrogen-bond donors (Lipinski definition) is 1. The highest BCUT2D eigenvalue weighted by Gasteiger charge is 2.21. The molecule has 2 rings (SSSR count). The van der Waals surface area contributed by atoms with Crippen LogP contribution in [0.2, 0.25) is 0 Å². The van der Waals surface area contributed by atoms with E-state index in [1.54, 1.807) is 0 Å². The maximum absolute atomic E-state index is 6.00. The third-order valence-electron chi connectivity index (χ3n) is 4.15. The fourth-order valence-corrected chi connectivity index (χ4v) is 2.85.